The van der Waals surface area contributed by atoms with Crippen molar-refractivity contribution in [2.45, 2.75) is 35.8 Å². The van der Waals surface area contributed by atoms with E-state index in [1.54, 1.807) is 30.6 Å². The van der Waals surface area contributed by atoms with Gasteiger partial charge in [0, 0.05) is 28.8 Å². The number of aromatic nitrogens is 1. The summed E-state index contributed by atoms with van der Waals surface area (Å²) in [6, 6.07) is 6.83. The van der Waals surface area contributed by atoms with Gasteiger partial charge in [-0.2, -0.15) is 20.5 Å². The predicted octanol–water partition coefficient (Wildman–Crippen LogP) is 4.14. The molecule has 0 bridgehead atoms. The van der Waals surface area contributed by atoms with Crippen molar-refractivity contribution in [3.63, 3.8) is 0 Å². The number of aliphatic carboxylic acids is 1. The van der Waals surface area contributed by atoms with E-state index in [0.717, 1.165) is 10.5 Å². The van der Waals surface area contributed by atoms with Gasteiger partial charge in [-0.05, 0) is 49.1 Å². The predicted molar refractivity (Wildman–Crippen MR) is 116 cm³/mol. The molecule has 9 heteroatoms. The van der Waals surface area contributed by atoms with Crippen LogP contribution in [0.2, 0.25) is 0 Å². The molecule has 0 radical (unpaired) electrons. The SMILES string of the molecule is CC#C[C@H](N[C@@H](CSCc1cccnc1)C(=O)O)C(F)(F)Oc1ccc(SC)cc1. The molecule has 2 aromatic rings. The lowest BCUT2D eigenvalue weighted by molar-refractivity contribution is -0.188. The Morgan fingerprint density at radius 3 is 2.63 bits per heavy atom. The molecule has 2 atom stereocenters. The minimum absolute atomic E-state index is 0.0275. The molecule has 160 valence electrons. The number of pyridine rings is 1. The molecule has 1 aromatic carbocycles. The van der Waals surface area contributed by atoms with Crippen molar-refractivity contribution in [2.75, 3.05) is 12.0 Å². The van der Waals surface area contributed by atoms with Crippen molar-refractivity contribution in [1.29, 1.82) is 0 Å². The van der Waals surface area contributed by atoms with E-state index in [0.29, 0.717) is 5.75 Å². The molecule has 0 saturated heterocycles. The molecule has 0 fully saturated rings. The fraction of sp³-hybridized carbons (Fsp3) is 0.333. The highest BCUT2D eigenvalue weighted by Crippen LogP contribution is 2.27. The third-order valence-electron chi connectivity index (χ3n) is 3.88. The zero-order valence-electron chi connectivity index (χ0n) is 16.5. The molecule has 30 heavy (non-hydrogen) atoms. The zero-order valence-corrected chi connectivity index (χ0v) is 18.1. The maximum absolute atomic E-state index is 14.8. The van der Waals surface area contributed by atoms with Crippen LogP contribution in [0, 0.1) is 11.8 Å². The highest BCUT2D eigenvalue weighted by Gasteiger charge is 2.43. The van der Waals surface area contributed by atoms with E-state index < -0.39 is 24.2 Å². The van der Waals surface area contributed by atoms with Crippen LogP contribution in [0.3, 0.4) is 0 Å². The van der Waals surface area contributed by atoms with Crippen LogP contribution in [-0.2, 0) is 10.5 Å². The van der Waals surface area contributed by atoms with Crippen molar-refractivity contribution in [2.24, 2.45) is 0 Å². The number of carboxylic acids is 1. The Labute approximate surface area is 183 Å². The summed E-state index contributed by atoms with van der Waals surface area (Å²) < 4.78 is 34.4. The summed E-state index contributed by atoms with van der Waals surface area (Å²) in [5.74, 6) is 4.08. The van der Waals surface area contributed by atoms with Gasteiger partial charge in [0.25, 0.3) is 0 Å². The second-order valence-electron chi connectivity index (χ2n) is 6.10. The van der Waals surface area contributed by atoms with Crippen LogP contribution >= 0.6 is 23.5 Å². The van der Waals surface area contributed by atoms with Crippen molar-refractivity contribution in [3.05, 3.63) is 54.4 Å². The minimum Gasteiger partial charge on any atom is -0.480 e. The number of carbonyl (C=O) groups is 1. The summed E-state index contributed by atoms with van der Waals surface area (Å²) in [6.07, 6.45) is 1.46. The van der Waals surface area contributed by atoms with E-state index in [1.807, 2.05) is 12.3 Å². The Balaban J connectivity index is 2.04. The van der Waals surface area contributed by atoms with Crippen LogP contribution in [0.15, 0.2) is 53.7 Å². The maximum atomic E-state index is 14.8. The number of rotatable bonds is 11. The number of ether oxygens (including phenoxy) is 1. The molecule has 0 saturated carbocycles. The van der Waals surface area contributed by atoms with Gasteiger partial charge in [-0.3, -0.25) is 15.1 Å². The third kappa shape index (κ3) is 7.52. The lowest BCUT2D eigenvalue weighted by Crippen LogP contribution is -2.54. The van der Waals surface area contributed by atoms with E-state index in [9.17, 15) is 18.7 Å². The molecule has 0 aliphatic heterocycles. The fourth-order valence-electron chi connectivity index (χ4n) is 2.40. The lowest BCUT2D eigenvalue weighted by Gasteiger charge is -2.27. The molecule has 5 nitrogen and oxygen atoms in total. The molecule has 0 amide bonds. The highest BCUT2D eigenvalue weighted by molar-refractivity contribution is 7.98. The van der Waals surface area contributed by atoms with Crippen LogP contribution in [0.5, 0.6) is 5.75 Å². The van der Waals surface area contributed by atoms with E-state index >= 15 is 0 Å². The number of alkyl halides is 2. The van der Waals surface area contributed by atoms with E-state index in [2.05, 4.69) is 22.1 Å². The molecular formula is C21H22F2N2O3S2. The second-order valence-corrected chi connectivity index (χ2v) is 8.01. The molecule has 1 aromatic heterocycles. The topological polar surface area (TPSA) is 71.5 Å². The number of hydrogen-bond donors (Lipinski definition) is 2. The van der Waals surface area contributed by atoms with Gasteiger partial charge in [0.1, 0.15) is 11.8 Å². The first kappa shape index (κ1) is 24.0. The summed E-state index contributed by atoms with van der Waals surface area (Å²) in [5.41, 5.74) is 0.916. The van der Waals surface area contributed by atoms with Crippen molar-refractivity contribution in [1.82, 2.24) is 10.3 Å². The lowest BCUT2D eigenvalue weighted by atomic mass is 10.2. The number of carboxylic acid groups (broad SMARTS) is 1. The average molecular weight is 453 g/mol. The van der Waals surface area contributed by atoms with Gasteiger partial charge in [0.05, 0.1) is 0 Å². The normalized spacial score (nSPS) is 13.1. The van der Waals surface area contributed by atoms with Crippen LogP contribution < -0.4 is 10.1 Å². The first-order valence-corrected chi connectivity index (χ1v) is 11.3. The molecule has 0 aliphatic carbocycles. The molecule has 2 rings (SSSR count). The first-order chi connectivity index (χ1) is 14.4. The van der Waals surface area contributed by atoms with Gasteiger partial charge >= 0.3 is 12.1 Å². The average Bonchev–Trinajstić information content (AvgIpc) is 2.73. The van der Waals surface area contributed by atoms with Crippen molar-refractivity contribution >= 4 is 29.5 Å². The summed E-state index contributed by atoms with van der Waals surface area (Å²) in [6.45, 7) is 1.41. The Morgan fingerprint density at radius 1 is 1.33 bits per heavy atom. The summed E-state index contributed by atoms with van der Waals surface area (Å²) in [7, 11) is 0. The molecule has 2 N–H and O–H groups in total. The second kappa shape index (κ2) is 11.8. The van der Waals surface area contributed by atoms with Gasteiger partial charge in [-0.25, -0.2) is 0 Å². The van der Waals surface area contributed by atoms with Crippen LogP contribution in [0.4, 0.5) is 8.78 Å². The number of nitrogens with zero attached hydrogens (tertiary/aromatic N) is 1. The quantitative estimate of drug-likeness (QED) is 0.392. The van der Waals surface area contributed by atoms with E-state index in [1.165, 1.54) is 42.6 Å². The third-order valence-corrected chi connectivity index (χ3v) is 5.73. The van der Waals surface area contributed by atoms with Gasteiger partial charge in [-0.15, -0.1) is 17.7 Å². The number of halogens is 2. The van der Waals surface area contributed by atoms with E-state index in [-0.39, 0.29) is 11.5 Å². The fourth-order valence-corrected chi connectivity index (χ4v) is 3.80. The van der Waals surface area contributed by atoms with Crippen LogP contribution in [0.25, 0.3) is 0 Å². The molecule has 0 aliphatic rings. The Bertz CT molecular complexity index is 871. The van der Waals surface area contributed by atoms with Crippen molar-refractivity contribution in [3.8, 4) is 17.6 Å². The highest BCUT2D eigenvalue weighted by atomic mass is 32.2. The Hall–Kier alpha value is -2.28. The van der Waals surface area contributed by atoms with E-state index in [4.69, 9.17) is 4.74 Å². The van der Waals surface area contributed by atoms with Gasteiger partial charge in [-0.1, -0.05) is 12.0 Å². The van der Waals surface area contributed by atoms with Gasteiger partial charge in [0.2, 0.25) is 0 Å². The summed E-state index contributed by atoms with van der Waals surface area (Å²) in [5, 5.41) is 11.9. The minimum atomic E-state index is -3.73. The first-order valence-electron chi connectivity index (χ1n) is 8.94. The number of thioether (sulfide) groups is 2. The number of benzene rings is 1. The monoisotopic (exact) mass is 452 g/mol. The summed E-state index contributed by atoms with van der Waals surface area (Å²) in [4.78, 5) is 16.5. The Morgan fingerprint density at radius 2 is 2.07 bits per heavy atom. The summed E-state index contributed by atoms with van der Waals surface area (Å²) >= 11 is 2.78. The number of nitrogens with one attached hydrogen (secondary N) is 1. The van der Waals surface area contributed by atoms with Gasteiger partial charge in [0.15, 0.2) is 6.04 Å². The molecule has 0 spiro atoms. The van der Waals surface area contributed by atoms with Crippen LogP contribution in [0.1, 0.15) is 12.5 Å². The van der Waals surface area contributed by atoms with Crippen molar-refractivity contribution < 1.29 is 23.4 Å². The maximum Gasteiger partial charge on any atom is 0.425 e. The van der Waals surface area contributed by atoms with Gasteiger partial charge < -0.3 is 9.84 Å². The number of hydrogen-bond acceptors (Lipinski definition) is 6. The van der Waals surface area contributed by atoms with Crippen LogP contribution in [-0.4, -0.2) is 46.3 Å². The standard InChI is InChI=1S/C21H22F2N2O3S2/c1-3-5-19(21(22,23)28-16-7-9-17(29-2)10-8-16)25-18(20(26)27)14-30-13-15-6-4-11-24-12-15/h4,6-12,18-19,25H,13-14H2,1-2H3,(H,26,27)/t18-,19-/m0/s1. The molecular weight excluding hydrogens is 430 g/mol. The zero-order chi connectivity index (χ0) is 22.0. The largest absolute Gasteiger partial charge is 0.480 e. The molecule has 1 heterocycles. The smallest absolute Gasteiger partial charge is 0.425 e. The Kier molecular flexibility index (Phi) is 9.43. The molecule has 0 unspecified atom stereocenters.